The van der Waals surface area contributed by atoms with E-state index in [-0.39, 0.29) is 6.42 Å². The maximum Gasteiger partial charge on any atom is 0.460 e. The Hall–Kier alpha value is -1.02. The summed E-state index contributed by atoms with van der Waals surface area (Å²) in [4.78, 5) is 0. The molecule has 0 aromatic heterocycles. The molecule has 0 radical (unpaired) electrons. The van der Waals surface area contributed by atoms with Crippen molar-refractivity contribution in [1.29, 1.82) is 0 Å². The number of hydrogen-bond donors (Lipinski definition) is 0. The molecule has 2 bridgehead atoms. The molecule has 0 saturated heterocycles. The van der Waals surface area contributed by atoms with Crippen molar-refractivity contribution in [2.45, 2.75) is 59.6 Å². The van der Waals surface area contributed by atoms with E-state index in [0.717, 1.165) is 0 Å². The Bertz CT molecular complexity index is 696. The lowest BCUT2D eigenvalue weighted by atomic mass is 9.76. The predicted octanol–water partition coefficient (Wildman–Crippen LogP) is 5.79. The minimum atomic E-state index is -7.97. The summed E-state index contributed by atoms with van der Waals surface area (Å²) in [5, 5.41) is -8.43. The van der Waals surface area contributed by atoms with Gasteiger partial charge in [-0.3, -0.25) is 4.21 Å². The van der Waals surface area contributed by atoms with Gasteiger partial charge in [-0.2, -0.15) is 57.1 Å². The molecule has 0 spiro atoms. The van der Waals surface area contributed by atoms with E-state index in [0.29, 0.717) is 6.42 Å². The van der Waals surface area contributed by atoms with Gasteiger partial charge in [0.1, 0.15) is 10.8 Å². The van der Waals surface area contributed by atoms with E-state index < -0.39 is 69.4 Å². The van der Waals surface area contributed by atoms with Gasteiger partial charge in [0.2, 0.25) is 0 Å². The molecule has 0 heterocycles. The van der Waals surface area contributed by atoms with E-state index in [1.807, 2.05) is 0 Å². The maximum absolute atomic E-state index is 14.0. The van der Waals surface area contributed by atoms with E-state index in [9.17, 15) is 61.3 Å². The molecule has 0 amide bonds. The molecule has 0 aromatic rings. The molecule has 15 heteroatoms. The minimum absolute atomic E-state index is 0.0396. The molecular weight excluding hydrogens is 463 g/mol. The number of alkyl halides is 13. The van der Waals surface area contributed by atoms with Crippen LogP contribution in [0.5, 0.6) is 0 Å². The van der Waals surface area contributed by atoms with Crippen molar-refractivity contribution in [2.75, 3.05) is 0 Å². The number of fused-ring (bicyclic) bond motifs is 2. The number of allylic oxidation sites excluding steroid dienone is 2. The Morgan fingerprint density at radius 1 is 0.655 bits per heavy atom. The van der Waals surface area contributed by atoms with E-state index in [1.165, 1.54) is 12.2 Å². The van der Waals surface area contributed by atoms with Crippen LogP contribution in [0.25, 0.3) is 0 Å². The van der Waals surface area contributed by atoms with Gasteiger partial charge in [0, 0.05) is 5.25 Å². The fourth-order valence-electron chi connectivity index (χ4n) is 3.20. The van der Waals surface area contributed by atoms with Crippen LogP contribution in [-0.2, 0) is 10.8 Å². The highest BCUT2D eigenvalue weighted by molar-refractivity contribution is 7.86. The SMILES string of the molecule is O=S([C@@H]1C[C@@H]2C=C[C@H]1CC2)C(F)(F)C(F)(F)C(F)(F)C(F)(F)C(F)(F)C(F)(F)F. The third kappa shape index (κ3) is 3.25. The van der Waals surface area contributed by atoms with Gasteiger partial charge in [-0.1, -0.05) is 12.2 Å². The quantitative estimate of drug-likeness (QED) is 0.352. The monoisotopic (exact) mass is 474 g/mol. The predicted molar refractivity (Wildman–Crippen MR) is 72.7 cm³/mol. The molecule has 170 valence electrons. The summed E-state index contributed by atoms with van der Waals surface area (Å²) in [7, 11) is -4.29. The third-order valence-electron chi connectivity index (χ3n) is 4.95. The van der Waals surface area contributed by atoms with Gasteiger partial charge in [0.15, 0.2) is 0 Å². The Balaban J connectivity index is 2.45. The molecule has 3 rings (SSSR count). The van der Waals surface area contributed by atoms with Crippen molar-refractivity contribution in [1.82, 2.24) is 0 Å². The van der Waals surface area contributed by atoms with Crippen molar-refractivity contribution in [3.05, 3.63) is 12.2 Å². The highest BCUT2D eigenvalue weighted by Crippen LogP contribution is 2.61. The normalized spacial score (nSPS) is 28.0. The second-order valence-corrected chi connectivity index (χ2v) is 8.48. The summed E-state index contributed by atoms with van der Waals surface area (Å²) >= 11 is 0. The Morgan fingerprint density at radius 2 is 1.14 bits per heavy atom. The average molecular weight is 474 g/mol. The lowest BCUT2D eigenvalue weighted by Crippen LogP contribution is -2.71. The zero-order valence-electron chi connectivity index (χ0n) is 13.7. The standard InChI is InChI=1S/C14H11F13OS/c15-9(16,11(19,20)13(23,24)25)10(17,18)12(21,22)14(26,27)29(28)8-5-6-1-3-7(8)4-2-6/h1,3,6-8H,2,4-5H2/t6-,7+,8-,29?/m1/s1. The van der Waals surface area contributed by atoms with Crippen LogP contribution in [0.2, 0.25) is 0 Å². The molecule has 1 fully saturated rings. The smallest absolute Gasteiger partial charge is 0.253 e. The van der Waals surface area contributed by atoms with Crippen LogP contribution in [-0.4, -0.2) is 44.6 Å². The molecule has 4 atom stereocenters. The Kier molecular flexibility index (Phi) is 5.64. The first-order chi connectivity index (χ1) is 12.7. The highest BCUT2D eigenvalue weighted by atomic mass is 32.2. The van der Waals surface area contributed by atoms with Crippen molar-refractivity contribution < 1.29 is 61.3 Å². The van der Waals surface area contributed by atoms with Crippen LogP contribution < -0.4 is 0 Å². The fourth-order valence-corrected chi connectivity index (χ4v) is 4.92. The molecule has 1 unspecified atom stereocenters. The molecule has 1 saturated carbocycles. The average Bonchev–Trinajstić information content (AvgIpc) is 2.60. The molecule has 3 aliphatic rings. The van der Waals surface area contributed by atoms with E-state index in [1.54, 1.807) is 0 Å². The van der Waals surface area contributed by atoms with Crippen LogP contribution >= 0.6 is 0 Å². The zero-order valence-corrected chi connectivity index (χ0v) is 14.6. The van der Waals surface area contributed by atoms with Crippen molar-refractivity contribution in [2.24, 2.45) is 11.8 Å². The van der Waals surface area contributed by atoms with Gasteiger partial charge in [0.05, 0.1) is 0 Å². The minimum Gasteiger partial charge on any atom is -0.253 e. The largest absolute Gasteiger partial charge is 0.460 e. The molecule has 0 aliphatic heterocycles. The summed E-state index contributed by atoms with van der Waals surface area (Å²) < 4.78 is 183. The van der Waals surface area contributed by atoms with Crippen LogP contribution in [0.3, 0.4) is 0 Å². The first-order valence-corrected chi connectivity index (χ1v) is 8.99. The van der Waals surface area contributed by atoms with Gasteiger partial charge in [-0.05, 0) is 31.1 Å². The van der Waals surface area contributed by atoms with Crippen LogP contribution in [0.15, 0.2) is 12.2 Å². The van der Waals surface area contributed by atoms with Gasteiger partial charge in [-0.25, -0.2) is 0 Å². The number of halogens is 13. The number of hydrogen-bond acceptors (Lipinski definition) is 1. The third-order valence-corrected chi connectivity index (χ3v) is 6.80. The first-order valence-electron chi connectivity index (χ1n) is 7.78. The van der Waals surface area contributed by atoms with Gasteiger partial charge in [0.25, 0.3) is 0 Å². The molecular formula is C14H11F13OS. The highest BCUT2D eigenvalue weighted by Gasteiger charge is 2.91. The Labute approximate surface area is 156 Å². The molecule has 0 aromatic carbocycles. The van der Waals surface area contributed by atoms with Crippen LogP contribution in [0, 0.1) is 11.8 Å². The zero-order chi connectivity index (χ0) is 22.8. The molecule has 1 nitrogen and oxygen atoms in total. The second kappa shape index (κ2) is 6.74. The van der Waals surface area contributed by atoms with Gasteiger partial charge < -0.3 is 0 Å². The fraction of sp³-hybridized carbons (Fsp3) is 0.857. The summed E-state index contributed by atoms with van der Waals surface area (Å²) in [6.07, 6.45) is -4.86. The molecule has 0 N–H and O–H groups in total. The second-order valence-electron chi connectivity index (χ2n) is 6.77. The van der Waals surface area contributed by atoms with E-state index in [2.05, 4.69) is 0 Å². The first kappa shape index (κ1) is 24.3. The van der Waals surface area contributed by atoms with Crippen molar-refractivity contribution >= 4 is 10.8 Å². The van der Waals surface area contributed by atoms with Gasteiger partial charge >= 0.3 is 35.1 Å². The molecule has 29 heavy (non-hydrogen) atoms. The van der Waals surface area contributed by atoms with Crippen LogP contribution in [0.1, 0.15) is 19.3 Å². The lowest BCUT2D eigenvalue weighted by Gasteiger charge is -2.42. The maximum atomic E-state index is 14.0. The summed E-state index contributed by atoms with van der Waals surface area (Å²) in [5.41, 5.74) is 0. The topological polar surface area (TPSA) is 17.1 Å². The summed E-state index contributed by atoms with van der Waals surface area (Å²) in [5.74, 6) is -32.7. The van der Waals surface area contributed by atoms with Gasteiger partial charge in [-0.15, -0.1) is 0 Å². The van der Waals surface area contributed by atoms with E-state index >= 15 is 0 Å². The summed E-state index contributed by atoms with van der Waals surface area (Å²) in [6.45, 7) is 0. The lowest BCUT2D eigenvalue weighted by molar-refractivity contribution is -0.433. The van der Waals surface area contributed by atoms with Crippen LogP contribution in [0.4, 0.5) is 57.1 Å². The summed E-state index contributed by atoms with van der Waals surface area (Å²) in [6, 6.07) is 0. The van der Waals surface area contributed by atoms with Crippen molar-refractivity contribution in [3.8, 4) is 0 Å². The van der Waals surface area contributed by atoms with E-state index in [4.69, 9.17) is 0 Å². The Morgan fingerprint density at radius 3 is 1.48 bits per heavy atom. The van der Waals surface area contributed by atoms with Crippen molar-refractivity contribution in [3.63, 3.8) is 0 Å². The molecule has 3 aliphatic carbocycles. The number of rotatable bonds is 6.